The minimum absolute atomic E-state index is 0.179. The molecule has 1 aromatic heterocycles. The first-order valence-corrected chi connectivity index (χ1v) is 8.20. The molecular formula is C16H25N3O3. The lowest BCUT2D eigenvalue weighted by Gasteiger charge is -2.33. The Morgan fingerprint density at radius 3 is 2.91 bits per heavy atom. The van der Waals surface area contributed by atoms with Crippen LogP contribution < -0.4 is 0 Å². The van der Waals surface area contributed by atoms with Gasteiger partial charge >= 0.3 is 0 Å². The van der Waals surface area contributed by atoms with Crippen LogP contribution >= 0.6 is 0 Å². The molecular weight excluding hydrogens is 282 g/mol. The van der Waals surface area contributed by atoms with E-state index >= 15 is 0 Å². The number of aromatic nitrogens is 2. The first kappa shape index (κ1) is 15.5. The summed E-state index contributed by atoms with van der Waals surface area (Å²) in [5.41, 5.74) is 0. The molecule has 3 rings (SSSR count). The molecule has 0 unspecified atom stereocenters. The smallest absolute Gasteiger partial charge is 0.251 e. The number of carbonyl (C=O) groups is 1. The van der Waals surface area contributed by atoms with E-state index in [1.165, 1.54) is 0 Å². The number of methoxy groups -OCH3 is 1. The van der Waals surface area contributed by atoms with E-state index in [1.807, 2.05) is 17.3 Å². The second-order valence-corrected chi connectivity index (χ2v) is 6.07. The van der Waals surface area contributed by atoms with Crippen LogP contribution in [0.5, 0.6) is 0 Å². The number of piperidine rings is 1. The largest absolute Gasteiger partial charge is 0.383 e. The lowest BCUT2D eigenvalue weighted by molar-refractivity contribution is -0.142. The summed E-state index contributed by atoms with van der Waals surface area (Å²) in [5.74, 6) is 1.74. The van der Waals surface area contributed by atoms with Gasteiger partial charge in [0.2, 0.25) is 0 Å². The maximum atomic E-state index is 12.4. The summed E-state index contributed by atoms with van der Waals surface area (Å²) < 4.78 is 12.8. The molecule has 0 aliphatic carbocycles. The molecule has 0 spiro atoms. The van der Waals surface area contributed by atoms with Crippen LogP contribution in [0.25, 0.3) is 0 Å². The predicted molar refractivity (Wildman–Crippen MR) is 81.6 cm³/mol. The van der Waals surface area contributed by atoms with Crippen LogP contribution in [0.2, 0.25) is 0 Å². The van der Waals surface area contributed by atoms with Crippen LogP contribution in [-0.2, 0) is 20.8 Å². The van der Waals surface area contributed by atoms with Crippen LogP contribution in [0.3, 0.4) is 0 Å². The Labute approximate surface area is 131 Å². The first-order valence-electron chi connectivity index (χ1n) is 8.20. The molecule has 2 fully saturated rings. The van der Waals surface area contributed by atoms with Crippen molar-refractivity contribution in [2.45, 2.75) is 44.2 Å². The molecule has 122 valence electrons. The standard InChI is InChI=1S/C16H25N3O3/c1-21-12-10-18-9-6-17-15(18)13-4-7-19(8-5-13)16(20)14-3-2-11-22-14/h6,9,13-14H,2-5,7-8,10-12H2,1H3/t14-/m1/s1. The average Bonchev–Trinajstić information content (AvgIpc) is 3.24. The summed E-state index contributed by atoms with van der Waals surface area (Å²) >= 11 is 0. The number of likely N-dealkylation sites (tertiary alicyclic amines) is 1. The third kappa shape index (κ3) is 3.33. The molecule has 1 atom stereocenters. The Bertz CT molecular complexity index is 489. The minimum Gasteiger partial charge on any atom is -0.383 e. The van der Waals surface area contributed by atoms with Gasteiger partial charge in [0.15, 0.2) is 0 Å². The minimum atomic E-state index is -0.194. The number of rotatable bonds is 5. The molecule has 22 heavy (non-hydrogen) atoms. The summed E-state index contributed by atoms with van der Waals surface area (Å²) in [4.78, 5) is 18.9. The molecule has 0 radical (unpaired) electrons. The van der Waals surface area contributed by atoms with Gasteiger partial charge in [-0.15, -0.1) is 0 Å². The molecule has 6 heteroatoms. The van der Waals surface area contributed by atoms with Crippen molar-refractivity contribution in [1.29, 1.82) is 0 Å². The van der Waals surface area contributed by atoms with Crippen molar-refractivity contribution in [2.24, 2.45) is 0 Å². The van der Waals surface area contributed by atoms with Crippen molar-refractivity contribution >= 4 is 5.91 Å². The SMILES string of the molecule is COCCn1ccnc1C1CCN(C(=O)[C@H]2CCCO2)CC1. The molecule has 1 amide bonds. The van der Waals surface area contributed by atoms with Gasteiger partial charge in [0, 0.05) is 51.7 Å². The van der Waals surface area contributed by atoms with Crippen molar-refractivity contribution in [2.75, 3.05) is 33.4 Å². The van der Waals surface area contributed by atoms with Crippen molar-refractivity contribution in [3.8, 4) is 0 Å². The van der Waals surface area contributed by atoms with Crippen molar-refractivity contribution in [3.05, 3.63) is 18.2 Å². The molecule has 6 nitrogen and oxygen atoms in total. The summed E-state index contributed by atoms with van der Waals surface area (Å²) in [7, 11) is 1.71. The van der Waals surface area contributed by atoms with E-state index in [2.05, 4.69) is 9.55 Å². The average molecular weight is 307 g/mol. The van der Waals surface area contributed by atoms with Crippen LogP contribution in [-0.4, -0.2) is 59.9 Å². The van der Waals surface area contributed by atoms with Crippen molar-refractivity contribution < 1.29 is 14.3 Å². The highest BCUT2D eigenvalue weighted by molar-refractivity contribution is 5.81. The zero-order valence-electron chi connectivity index (χ0n) is 13.2. The highest BCUT2D eigenvalue weighted by Crippen LogP contribution is 2.28. The quantitative estimate of drug-likeness (QED) is 0.825. The summed E-state index contributed by atoms with van der Waals surface area (Å²) in [6, 6.07) is 0. The third-order valence-electron chi connectivity index (χ3n) is 4.66. The van der Waals surface area contributed by atoms with E-state index in [0.717, 1.165) is 57.7 Å². The predicted octanol–water partition coefficient (Wildman–Crippen LogP) is 1.41. The Morgan fingerprint density at radius 1 is 1.41 bits per heavy atom. The second-order valence-electron chi connectivity index (χ2n) is 6.07. The number of hydrogen-bond acceptors (Lipinski definition) is 4. The number of hydrogen-bond donors (Lipinski definition) is 0. The Kier molecular flexibility index (Phi) is 5.10. The van der Waals surface area contributed by atoms with Crippen LogP contribution in [0.4, 0.5) is 0 Å². The molecule has 2 saturated heterocycles. The van der Waals surface area contributed by atoms with Gasteiger partial charge in [-0.3, -0.25) is 4.79 Å². The van der Waals surface area contributed by atoms with Gasteiger partial charge in [0.05, 0.1) is 6.61 Å². The number of nitrogens with zero attached hydrogens (tertiary/aromatic N) is 3. The van der Waals surface area contributed by atoms with Gasteiger partial charge < -0.3 is 18.9 Å². The topological polar surface area (TPSA) is 56.6 Å². The second kappa shape index (κ2) is 7.24. The number of carbonyl (C=O) groups excluding carboxylic acids is 1. The van der Waals surface area contributed by atoms with E-state index < -0.39 is 0 Å². The van der Waals surface area contributed by atoms with Gasteiger partial charge in [-0.2, -0.15) is 0 Å². The summed E-state index contributed by atoms with van der Waals surface area (Å²) in [6.07, 6.45) is 7.50. The fraction of sp³-hybridized carbons (Fsp3) is 0.750. The monoisotopic (exact) mass is 307 g/mol. The molecule has 1 aromatic rings. The Morgan fingerprint density at radius 2 is 2.23 bits per heavy atom. The van der Waals surface area contributed by atoms with E-state index in [1.54, 1.807) is 7.11 Å². The van der Waals surface area contributed by atoms with Gasteiger partial charge in [0.25, 0.3) is 5.91 Å². The molecule has 2 aliphatic rings. The van der Waals surface area contributed by atoms with E-state index in [9.17, 15) is 4.79 Å². The molecule has 0 N–H and O–H groups in total. The van der Waals surface area contributed by atoms with Gasteiger partial charge in [-0.1, -0.05) is 0 Å². The molecule has 2 aliphatic heterocycles. The molecule has 0 aromatic carbocycles. The van der Waals surface area contributed by atoms with Crippen molar-refractivity contribution in [3.63, 3.8) is 0 Å². The highest BCUT2D eigenvalue weighted by atomic mass is 16.5. The van der Waals surface area contributed by atoms with E-state index in [0.29, 0.717) is 12.5 Å². The van der Waals surface area contributed by atoms with E-state index in [4.69, 9.17) is 9.47 Å². The lowest BCUT2D eigenvalue weighted by Crippen LogP contribution is -2.43. The first-order chi connectivity index (χ1) is 10.8. The zero-order chi connectivity index (χ0) is 15.4. The lowest BCUT2D eigenvalue weighted by atomic mass is 9.95. The Hall–Kier alpha value is -1.40. The number of ether oxygens (including phenoxy) is 2. The van der Waals surface area contributed by atoms with Crippen molar-refractivity contribution in [1.82, 2.24) is 14.5 Å². The summed E-state index contributed by atoms with van der Waals surface area (Å²) in [5, 5.41) is 0. The molecule has 0 bridgehead atoms. The fourth-order valence-electron chi connectivity index (χ4n) is 3.39. The molecule has 3 heterocycles. The maximum Gasteiger partial charge on any atom is 0.251 e. The number of imidazole rings is 1. The van der Waals surface area contributed by atoms with Crippen LogP contribution in [0.15, 0.2) is 12.4 Å². The number of amides is 1. The van der Waals surface area contributed by atoms with E-state index in [-0.39, 0.29) is 12.0 Å². The zero-order valence-corrected chi connectivity index (χ0v) is 13.2. The maximum absolute atomic E-state index is 12.4. The normalized spacial score (nSPS) is 23.1. The third-order valence-corrected chi connectivity index (χ3v) is 4.66. The van der Waals surface area contributed by atoms with Crippen LogP contribution in [0, 0.1) is 0 Å². The summed E-state index contributed by atoms with van der Waals surface area (Å²) in [6.45, 7) is 3.87. The fourth-order valence-corrected chi connectivity index (χ4v) is 3.39. The van der Waals surface area contributed by atoms with Gasteiger partial charge in [-0.25, -0.2) is 4.98 Å². The van der Waals surface area contributed by atoms with Crippen LogP contribution in [0.1, 0.15) is 37.4 Å². The Balaban J connectivity index is 1.55. The molecule has 0 saturated carbocycles. The highest BCUT2D eigenvalue weighted by Gasteiger charge is 2.32. The van der Waals surface area contributed by atoms with Gasteiger partial charge in [-0.05, 0) is 25.7 Å². The van der Waals surface area contributed by atoms with Gasteiger partial charge in [0.1, 0.15) is 11.9 Å².